The lowest BCUT2D eigenvalue weighted by atomic mass is 9.89. The van der Waals surface area contributed by atoms with Crippen molar-refractivity contribution in [2.75, 3.05) is 7.11 Å². The second kappa shape index (κ2) is 11.0. The Kier molecular flexibility index (Phi) is 8.30. The van der Waals surface area contributed by atoms with Crippen molar-refractivity contribution in [3.05, 3.63) is 71.8 Å². The zero-order valence-corrected chi connectivity index (χ0v) is 20.5. The Morgan fingerprint density at radius 1 is 1.00 bits per heavy atom. The number of nitrogens with zero attached hydrogens (tertiary/aromatic N) is 1. The largest absolute Gasteiger partial charge is 0.469 e. The lowest BCUT2D eigenvalue weighted by Crippen LogP contribution is -2.44. The van der Waals surface area contributed by atoms with Crippen molar-refractivity contribution >= 4 is 11.9 Å². The van der Waals surface area contributed by atoms with Crippen LogP contribution in [0, 0.1) is 11.8 Å². The molecule has 2 aromatic rings. The molecule has 0 amide bonds. The number of carbonyl (C=O) groups excluding carboxylic acids is 2. The van der Waals surface area contributed by atoms with E-state index in [0.717, 1.165) is 12.8 Å². The minimum atomic E-state index is -0.545. The Hall–Kier alpha value is -2.66. The third-order valence-corrected chi connectivity index (χ3v) is 6.49. The van der Waals surface area contributed by atoms with Crippen LogP contribution in [0.1, 0.15) is 64.1 Å². The number of rotatable bonds is 8. The van der Waals surface area contributed by atoms with Crippen LogP contribution in [0.15, 0.2) is 60.7 Å². The SMILES string of the molecule is COC(=O)[C@H]1C(N(Cc2ccccc2)[C@H](C)c2ccccc2)CC[C@@H]1CC(=O)OC(C)(C)C. The second-order valence-corrected chi connectivity index (χ2v) is 9.99. The molecule has 178 valence electrons. The summed E-state index contributed by atoms with van der Waals surface area (Å²) in [5.41, 5.74) is 1.85. The summed E-state index contributed by atoms with van der Waals surface area (Å²) in [6.07, 6.45) is 1.85. The van der Waals surface area contributed by atoms with Gasteiger partial charge in [0.15, 0.2) is 0 Å². The van der Waals surface area contributed by atoms with Crippen molar-refractivity contribution in [1.82, 2.24) is 4.90 Å². The fraction of sp³-hybridized carbons (Fsp3) is 0.500. The molecule has 2 aromatic carbocycles. The smallest absolute Gasteiger partial charge is 0.310 e. The van der Waals surface area contributed by atoms with Gasteiger partial charge in [-0.2, -0.15) is 0 Å². The lowest BCUT2D eigenvalue weighted by Gasteiger charge is -2.38. The van der Waals surface area contributed by atoms with Crippen LogP contribution >= 0.6 is 0 Å². The van der Waals surface area contributed by atoms with Crippen LogP contribution in [0.4, 0.5) is 0 Å². The first-order valence-electron chi connectivity index (χ1n) is 11.8. The van der Waals surface area contributed by atoms with E-state index in [4.69, 9.17) is 9.47 Å². The maximum absolute atomic E-state index is 13.0. The molecule has 0 spiro atoms. The van der Waals surface area contributed by atoms with Crippen LogP contribution in [0.5, 0.6) is 0 Å². The molecule has 1 aliphatic carbocycles. The summed E-state index contributed by atoms with van der Waals surface area (Å²) >= 11 is 0. The minimum Gasteiger partial charge on any atom is -0.469 e. The van der Waals surface area contributed by atoms with E-state index in [1.54, 1.807) is 0 Å². The van der Waals surface area contributed by atoms with Crippen molar-refractivity contribution < 1.29 is 19.1 Å². The van der Waals surface area contributed by atoms with Crippen molar-refractivity contribution in [2.45, 2.75) is 71.2 Å². The Bertz CT molecular complexity index is 906. The zero-order valence-electron chi connectivity index (χ0n) is 20.5. The van der Waals surface area contributed by atoms with E-state index >= 15 is 0 Å². The molecule has 0 aromatic heterocycles. The molecule has 4 atom stereocenters. The highest BCUT2D eigenvalue weighted by molar-refractivity contribution is 5.76. The maximum atomic E-state index is 13.0. The van der Waals surface area contributed by atoms with Crippen LogP contribution in [0.25, 0.3) is 0 Å². The van der Waals surface area contributed by atoms with E-state index < -0.39 is 5.60 Å². The van der Waals surface area contributed by atoms with E-state index in [1.165, 1.54) is 18.2 Å². The molecule has 1 fully saturated rings. The van der Waals surface area contributed by atoms with Crippen LogP contribution < -0.4 is 0 Å². The number of hydrogen-bond acceptors (Lipinski definition) is 5. The Balaban J connectivity index is 1.90. The monoisotopic (exact) mass is 451 g/mol. The number of hydrogen-bond donors (Lipinski definition) is 0. The number of methoxy groups -OCH3 is 1. The van der Waals surface area contributed by atoms with Gasteiger partial charge in [-0.25, -0.2) is 0 Å². The molecule has 0 N–H and O–H groups in total. The van der Waals surface area contributed by atoms with Gasteiger partial charge < -0.3 is 9.47 Å². The lowest BCUT2D eigenvalue weighted by molar-refractivity contribution is -0.157. The quantitative estimate of drug-likeness (QED) is 0.493. The van der Waals surface area contributed by atoms with Crippen LogP contribution in [-0.2, 0) is 25.6 Å². The topological polar surface area (TPSA) is 55.8 Å². The standard InChI is InChI=1S/C28H37NO4/c1-20(22-14-10-7-11-15-22)29(19-21-12-8-6-9-13-21)24-17-16-23(26(24)27(31)32-5)18-25(30)33-28(2,3)4/h6-15,20,23-24,26H,16-19H2,1-5H3/t20-,23-,24?,26-/m1/s1. The summed E-state index contributed by atoms with van der Waals surface area (Å²) in [5, 5.41) is 0. The van der Waals surface area contributed by atoms with E-state index in [2.05, 4.69) is 36.1 Å². The Morgan fingerprint density at radius 2 is 1.61 bits per heavy atom. The third kappa shape index (κ3) is 6.67. The van der Waals surface area contributed by atoms with E-state index in [9.17, 15) is 9.59 Å². The number of ether oxygens (including phenoxy) is 2. The van der Waals surface area contributed by atoms with Gasteiger partial charge >= 0.3 is 11.9 Å². The summed E-state index contributed by atoms with van der Waals surface area (Å²) in [6.45, 7) is 8.50. The first-order chi connectivity index (χ1) is 15.7. The van der Waals surface area contributed by atoms with Gasteiger partial charge in [-0.15, -0.1) is 0 Å². The van der Waals surface area contributed by atoms with Gasteiger partial charge in [-0.3, -0.25) is 14.5 Å². The summed E-state index contributed by atoms with van der Waals surface area (Å²) in [6, 6.07) is 20.8. The summed E-state index contributed by atoms with van der Waals surface area (Å²) < 4.78 is 10.8. The second-order valence-electron chi connectivity index (χ2n) is 9.99. The van der Waals surface area contributed by atoms with Crippen LogP contribution in [-0.4, -0.2) is 35.6 Å². The van der Waals surface area contributed by atoms with Gasteiger partial charge in [-0.1, -0.05) is 60.7 Å². The number of benzene rings is 2. The highest BCUT2D eigenvalue weighted by Crippen LogP contribution is 2.42. The Morgan fingerprint density at radius 3 is 2.18 bits per heavy atom. The maximum Gasteiger partial charge on any atom is 0.310 e. The third-order valence-electron chi connectivity index (χ3n) is 6.49. The highest BCUT2D eigenvalue weighted by atomic mass is 16.6. The predicted molar refractivity (Wildman–Crippen MR) is 129 cm³/mol. The van der Waals surface area contributed by atoms with Crippen molar-refractivity contribution in [3.63, 3.8) is 0 Å². The van der Waals surface area contributed by atoms with Gasteiger partial charge in [0, 0.05) is 25.0 Å². The Labute approximate surface area is 198 Å². The average molecular weight is 452 g/mol. The first-order valence-corrected chi connectivity index (χ1v) is 11.8. The molecule has 0 aliphatic heterocycles. The van der Waals surface area contributed by atoms with Gasteiger partial charge in [-0.05, 0) is 57.6 Å². The summed E-state index contributed by atoms with van der Waals surface area (Å²) in [5.74, 6) is -0.979. The zero-order chi connectivity index (χ0) is 24.0. The van der Waals surface area contributed by atoms with E-state index in [0.29, 0.717) is 6.54 Å². The van der Waals surface area contributed by atoms with E-state index in [-0.39, 0.29) is 42.3 Å². The van der Waals surface area contributed by atoms with Gasteiger partial charge in [0.1, 0.15) is 5.60 Å². The molecule has 5 nitrogen and oxygen atoms in total. The predicted octanol–water partition coefficient (Wildman–Crippen LogP) is 5.55. The highest BCUT2D eigenvalue weighted by Gasteiger charge is 2.46. The molecule has 1 unspecified atom stereocenters. The molecule has 33 heavy (non-hydrogen) atoms. The molecule has 5 heteroatoms. The normalized spacial score (nSPS) is 21.6. The molecule has 0 radical (unpaired) electrons. The number of carbonyl (C=O) groups is 2. The molecular formula is C28H37NO4. The van der Waals surface area contributed by atoms with Gasteiger partial charge in [0.05, 0.1) is 13.0 Å². The van der Waals surface area contributed by atoms with Gasteiger partial charge in [0.2, 0.25) is 0 Å². The first kappa shape index (κ1) is 25.0. The molecule has 3 rings (SSSR count). The molecule has 0 heterocycles. The fourth-order valence-corrected chi connectivity index (χ4v) is 5.00. The van der Waals surface area contributed by atoms with Crippen molar-refractivity contribution in [1.29, 1.82) is 0 Å². The van der Waals surface area contributed by atoms with Crippen LogP contribution in [0.2, 0.25) is 0 Å². The number of esters is 2. The molecule has 0 bridgehead atoms. The molecule has 1 aliphatic rings. The van der Waals surface area contributed by atoms with E-state index in [1.807, 2.05) is 57.2 Å². The fourth-order valence-electron chi connectivity index (χ4n) is 5.00. The molecular weight excluding hydrogens is 414 g/mol. The molecule has 1 saturated carbocycles. The van der Waals surface area contributed by atoms with Crippen molar-refractivity contribution in [3.8, 4) is 0 Å². The summed E-state index contributed by atoms with van der Waals surface area (Å²) in [7, 11) is 1.43. The summed E-state index contributed by atoms with van der Waals surface area (Å²) in [4.78, 5) is 28.0. The molecule has 0 saturated heterocycles. The van der Waals surface area contributed by atoms with Crippen LogP contribution in [0.3, 0.4) is 0 Å². The average Bonchev–Trinajstić information content (AvgIpc) is 3.19. The van der Waals surface area contributed by atoms with Gasteiger partial charge in [0.25, 0.3) is 0 Å². The minimum absolute atomic E-state index is 0.0275. The van der Waals surface area contributed by atoms with Crippen molar-refractivity contribution in [2.24, 2.45) is 11.8 Å².